The van der Waals surface area contributed by atoms with Gasteiger partial charge in [0.15, 0.2) is 0 Å². The first-order valence-electron chi connectivity index (χ1n) is 8.20. The van der Waals surface area contributed by atoms with Crippen LogP contribution in [0.4, 0.5) is 13.2 Å². The lowest BCUT2D eigenvalue weighted by Gasteiger charge is -2.34. The third-order valence-electron chi connectivity index (χ3n) is 4.51. The van der Waals surface area contributed by atoms with E-state index in [2.05, 4.69) is 9.64 Å². The number of piperidine rings is 1. The molecule has 1 unspecified atom stereocenters. The first kappa shape index (κ1) is 18.2. The molecule has 136 valence electrons. The zero-order chi connectivity index (χ0) is 17.9. The molecule has 0 amide bonds. The first-order chi connectivity index (χ1) is 11.9. The molecule has 3 nitrogen and oxygen atoms in total. The molecule has 2 aromatic rings. The summed E-state index contributed by atoms with van der Waals surface area (Å²) in [6.45, 7) is 1.90. The average Bonchev–Trinajstić information content (AvgIpc) is 3.10. The van der Waals surface area contributed by atoms with Crippen LogP contribution in [0.15, 0.2) is 41.8 Å². The van der Waals surface area contributed by atoms with E-state index in [4.69, 9.17) is 0 Å². The van der Waals surface area contributed by atoms with E-state index in [0.29, 0.717) is 12.1 Å². The lowest BCUT2D eigenvalue weighted by atomic mass is 9.90. The topological polar surface area (TPSA) is 32.7 Å². The van der Waals surface area contributed by atoms with Crippen molar-refractivity contribution in [3.05, 3.63) is 52.2 Å². The fraction of sp³-hybridized carbons (Fsp3) is 0.444. The molecule has 1 aromatic carbocycles. The van der Waals surface area contributed by atoms with E-state index in [9.17, 15) is 18.3 Å². The van der Waals surface area contributed by atoms with Crippen LogP contribution in [0, 0.1) is 5.92 Å². The van der Waals surface area contributed by atoms with E-state index in [1.54, 1.807) is 23.5 Å². The number of hydrogen-bond acceptors (Lipinski definition) is 4. The number of halogens is 3. The Kier molecular flexibility index (Phi) is 5.66. The highest BCUT2D eigenvalue weighted by molar-refractivity contribution is 7.10. The maximum absolute atomic E-state index is 12.5. The minimum atomic E-state index is -4.69. The van der Waals surface area contributed by atoms with Gasteiger partial charge in [0.25, 0.3) is 0 Å². The Morgan fingerprint density at radius 1 is 1.16 bits per heavy atom. The first-order valence-corrected chi connectivity index (χ1v) is 9.08. The summed E-state index contributed by atoms with van der Waals surface area (Å²) in [4.78, 5) is 3.08. The smallest absolute Gasteiger partial charge is 0.405 e. The largest absolute Gasteiger partial charge is 0.573 e. The molecular formula is C18H20F3NO2S. The number of rotatable bonds is 5. The molecule has 7 heteroatoms. The van der Waals surface area contributed by atoms with Crippen molar-refractivity contribution < 1.29 is 23.0 Å². The molecule has 1 atom stereocenters. The van der Waals surface area contributed by atoms with Crippen LogP contribution < -0.4 is 4.74 Å². The number of benzene rings is 1. The summed E-state index contributed by atoms with van der Waals surface area (Å²) in [6.07, 6.45) is -3.50. The molecule has 2 heterocycles. The number of aliphatic hydroxyl groups excluding tert-OH is 1. The van der Waals surface area contributed by atoms with Gasteiger partial charge in [-0.25, -0.2) is 0 Å². The molecule has 0 spiro atoms. The van der Waals surface area contributed by atoms with Gasteiger partial charge in [0.1, 0.15) is 5.75 Å². The van der Waals surface area contributed by atoms with Gasteiger partial charge in [0.05, 0.1) is 6.10 Å². The summed E-state index contributed by atoms with van der Waals surface area (Å²) in [5.41, 5.74) is 0.525. The maximum atomic E-state index is 12.5. The Morgan fingerprint density at radius 3 is 2.52 bits per heavy atom. The number of para-hydroxylation sites is 1. The summed E-state index contributed by atoms with van der Waals surface area (Å²) >= 11 is 1.55. The summed E-state index contributed by atoms with van der Waals surface area (Å²) in [5.74, 6) is 0.0484. The molecule has 1 N–H and O–H groups in total. The van der Waals surface area contributed by atoms with Crippen molar-refractivity contribution in [3.8, 4) is 5.75 Å². The van der Waals surface area contributed by atoms with Gasteiger partial charge in [-0.3, -0.25) is 4.90 Å². The second-order valence-electron chi connectivity index (χ2n) is 6.23. The van der Waals surface area contributed by atoms with Gasteiger partial charge in [-0.1, -0.05) is 24.3 Å². The molecule has 1 aliphatic rings. The quantitative estimate of drug-likeness (QED) is 0.834. The maximum Gasteiger partial charge on any atom is 0.573 e. The molecule has 3 rings (SSSR count). The lowest BCUT2D eigenvalue weighted by Crippen LogP contribution is -2.35. The zero-order valence-electron chi connectivity index (χ0n) is 13.6. The van der Waals surface area contributed by atoms with Crippen molar-refractivity contribution in [1.82, 2.24) is 4.90 Å². The average molecular weight is 371 g/mol. The molecular weight excluding hydrogens is 351 g/mol. The lowest BCUT2D eigenvalue weighted by molar-refractivity contribution is -0.275. The number of alkyl halides is 3. The summed E-state index contributed by atoms with van der Waals surface area (Å²) in [6, 6.07) is 10.1. The van der Waals surface area contributed by atoms with Crippen LogP contribution in [0.25, 0.3) is 0 Å². The van der Waals surface area contributed by atoms with E-state index in [-0.39, 0.29) is 11.7 Å². The van der Waals surface area contributed by atoms with Crippen molar-refractivity contribution in [3.63, 3.8) is 0 Å². The van der Waals surface area contributed by atoms with E-state index in [1.807, 2.05) is 17.5 Å². The predicted molar refractivity (Wildman–Crippen MR) is 90.4 cm³/mol. The van der Waals surface area contributed by atoms with E-state index in [0.717, 1.165) is 30.8 Å². The predicted octanol–water partition coefficient (Wildman–Crippen LogP) is 4.59. The van der Waals surface area contributed by atoms with Crippen molar-refractivity contribution in [2.75, 3.05) is 13.1 Å². The second-order valence-corrected chi connectivity index (χ2v) is 7.21. The third-order valence-corrected chi connectivity index (χ3v) is 5.45. The number of thiophene rings is 1. The van der Waals surface area contributed by atoms with Crippen LogP contribution in [0.3, 0.4) is 0 Å². The highest BCUT2D eigenvalue weighted by Gasteiger charge is 2.32. The Hall–Kier alpha value is -1.57. The van der Waals surface area contributed by atoms with Crippen LogP contribution in [0.1, 0.15) is 29.4 Å². The number of hydrogen-bond donors (Lipinski definition) is 1. The SMILES string of the molecule is OC(c1cccs1)C1CCN(Cc2ccccc2OC(F)(F)F)CC1. The Balaban J connectivity index is 1.58. The van der Waals surface area contributed by atoms with Crippen molar-refractivity contribution in [2.24, 2.45) is 5.92 Å². The Labute approximate surface area is 148 Å². The molecule has 1 aromatic heterocycles. The summed E-state index contributed by atoms with van der Waals surface area (Å²) < 4.78 is 41.7. The molecule has 1 saturated heterocycles. The summed E-state index contributed by atoms with van der Waals surface area (Å²) in [5, 5.41) is 12.4. The highest BCUT2D eigenvalue weighted by Crippen LogP contribution is 2.34. The number of aliphatic hydroxyl groups is 1. The Bertz CT molecular complexity index is 667. The standard InChI is InChI=1S/C18H20F3NO2S/c19-18(20,21)24-15-5-2-1-4-14(15)12-22-9-7-13(8-10-22)17(23)16-6-3-11-25-16/h1-6,11,13,17,23H,7-10,12H2. The highest BCUT2D eigenvalue weighted by atomic mass is 32.1. The number of likely N-dealkylation sites (tertiary alicyclic amines) is 1. The molecule has 0 saturated carbocycles. The molecule has 0 bridgehead atoms. The molecule has 0 radical (unpaired) electrons. The molecule has 1 aliphatic heterocycles. The van der Waals surface area contributed by atoms with Crippen molar-refractivity contribution in [1.29, 1.82) is 0 Å². The second kappa shape index (κ2) is 7.76. The number of ether oxygens (including phenoxy) is 1. The zero-order valence-corrected chi connectivity index (χ0v) is 14.4. The van der Waals surface area contributed by atoms with E-state index in [1.165, 1.54) is 12.1 Å². The molecule has 0 aliphatic carbocycles. The fourth-order valence-corrected chi connectivity index (χ4v) is 4.02. The van der Waals surface area contributed by atoms with Gasteiger partial charge < -0.3 is 9.84 Å². The van der Waals surface area contributed by atoms with Gasteiger partial charge >= 0.3 is 6.36 Å². The minimum absolute atomic E-state index is 0.143. The van der Waals surface area contributed by atoms with Gasteiger partial charge in [-0.15, -0.1) is 24.5 Å². The van der Waals surface area contributed by atoms with Gasteiger partial charge in [-0.2, -0.15) is 0 Å². The minimum Gasteiger partial charge on any atom is -0.405 e. The van der Waals surface area contributed by atoms with Gasteiger partial charge in [-0.05, 0) is 49.4 Å². The van der Waals surface area contributed by atoms with Gasteiger partial charge in [0, 0.05) is 17.0 Å². The summed E-state index contributed by atoms with van der Waals surface area (Å²) in [7, 11) is 0. The number of nitrogens with zero attached hydrogens (tertiary/aromatic N) is 1. The van der Waals surface area contributed by atoms with Crippen LogP contribution in [-0.2, 0) is 6.54 Å². The van der Waals surface area contributed by atoms with Crippen molar-refractivity contribution in [2.45, 2.75) is 31.9 Å². The van der Waals surface area contributed by atoms with E-state index >= 15 is 0 Å². The van der Waals surface area contributed by atoms with Crippen LogP contribution in [-0.4, -0.2) is 29.5 Å². The van der Waals surface area contributed by atoms with Gasteiger partial charge in [0.2, 0.25) is 0 Å². The Morgan fingerprint density at radius 2 is 1.88 bits per heavy atom. The van der Waals surface area contributed by atoms with Crippen LogP contribution in [0.2, 0.25) is 0 Å². The van der Waals surface area contributed by atoms with Crippen LogP contribution >= 0.6 is 11.3 Å². The molecule has 1 fully saturated rings. The third kappa shape index (κ3) is 4.96. The fourth-order valence-electron chi connectivity index (χ4n) is 3.22. The van der Waals surface area contributed by atoms with Crippen molar-refractivity contribution >= 4 is 11.3 Å². The normalized spacial score (nSPS) is 18.2. The van der Waals surface area contributed by atoms with Crippen LogP contribution in [0.5, 0.6) is 5.75 Å². The molecule has 25 heavy (non-hydrogen) atoms. The van der Waals surface area contributed by atoms with E-state index < -0.39 is 12.5 Å². The monoisotopic (exact) mass is 371 g/mol.